The van der Waals surface area contributed by atoms with Gasteiger partial charge in [-0.05, 0) is 43.4 Å². The second kappa shape index (κ2) is 3.28. The van der Waals surface area contributed by atoms with Crippen LogP contribution in [0, 0.1) is 5.92 Å². The van der Waals surface area contributed by atoms with Crippen LogP contribution in [0.4, 0.5) is 0 Å². The lowest BCUT2D eigenvalue weighted by atomic mass is 9.71. The summed E-state index contributed by atoms with van der Waals surface area (Å²) >= 11 is 0. The van der Waals surface area contributed by atoms with Crippen molar-refractivity contribution in [2.45, 2.75) is 31.8 Å². The third-order valence-corrected chi connectivity index (χ3v) is 3.35. The first-order chi connectivity index (χ1) is 6.60. The number of phenols is 1. The van der Waals surface area contributed by atoms with Gasteiger partial charge in [-0.25, -0.2) is 0 Å². The van der Waals surface area contributed by atoms with Gasteiger partial charge in [0.05, 0.1) is 5.60 Å². The van der Waals surface area contributed by atoms with Crippen molar-refractivity contribution in [3.05, 3.63) is 29.8 Å². The van der Waals surface area contributed by atoms with Crippen molar-refractivity contribution in [3.8, 4) is 5.75 Å². The summed E-state index contributed by atoms with van der Waals surface area (Å²) in [6, 6.07) is 6.85. The zero-order chi connectivity index (χ0) is 10.2. The summed E-state index contributed by atoms with van der Waals surface area (Å²) in [6.07, 6.45) is 3.43. The fourth-order valence-corrected chi connectivity index (χ4v) is 2.00. The molecule has 0 heterocycles. The first-order valence-corrected chi connectivity index (χ1v) is 5.12. The molecule has 1 aromatic rings. The molecule has 2 N–H and O–H groups in total. The van der Waals surface area contributed by atoms with Crippen molar-refractivity contribution in [2.75, 3.05) is 0 Å². The first-order valence-electron chi connectivity index (χ1n) is 5.12. The molecule has 1 unspecified atom stereocenters. The number of hydrogen-bond donors (Lipinski definition) is 2. The Morgan fingerprint density at radius 3 is 2.21 bits per heavy atom. The molecule has 1 aliphatic rings. The van der Waals surface area contributed by atoms with Crippen LogP contribution in [0.3, 0.4) is 0 Å². The molecule has 2 heteroatoms. The van der Waals surface area contributed by atoms with E-state index in [0.29, 0.717) is 5.92 Å². The first kappa shape index (κ1) is 9.53. The number of aromatic hydroxyl groups is 1. The van der Waals surface area contributed by atoms with Crippen molar-refractivity contribution >= 4 is 0 Å². The lowest BCUT2D eigenvalue weighted by Crippen LogP contribution is -2.36. The van der Waals surface area contributed by atoms with Gasteiger partial charge in [-0.2, -0.15) is 0 Å². The van der Waals surface area contributed by atoms with Gasteiger partial charge < -0.3 is 10.2 Å². The molecule has 2 nitrogen and oxygen atoms in total. The minimum Gasteiger partial charge on any atom is -0.508 e. The van der Waals surface area contributed by atoms with Crippen molar-refractivity contribution in [1.29, 1.82) is 0 Å². The maximum Gasteiger partial charge on any atom is 0.115 e. The predicted molar refractivity (Wildman–Crippen MR) is 55.0 cm³/mol. The molecule has 1 aromatic carbocycles. The molecular weight excluding hydrogens is 176 g/mol. The highest BCUT2D eigenvalue weighted by molar-refractivity contribution is 5.30. The van der Waals surface area contributed by atoms with Crippen molar-refractivity contribution in [3.63, 3.8) is 0 Å². The third kappa shape index (κ3) is 1.50. The van der Waals surface area contributed by atoms with Gasteiger partial charge in [-0.3, -0.25) is 0 Å². The van der Waals surface area contributed by atoms with Gasteiger partial charge in [0.15, 0.2) is 0 Å². The molecule has 0 spiro atoms. The summed E-state index contributed by atoms with van der Waals surface area (Å²) < 4.78 is 0. The molecule has 1 fully saturated rings. The van der Waals surface area contributed by atoms with Crippen LogP contribution in [-0.4, -0.2) is 10.2 Å². The maximum atomic E-state index is 10.3. The van der Waals surface area contributed by atoms with Crippen LogP contribution in [-0.2, 0) is 5.60 Å². The molecule has 0 aliphatic heterocycles. The standard InChI is InChI=1S/C12H16O2/c1-12(14,9-3-2-4-9)10-5-7-11(13)8-6-10/h5-9,13-14H,2-4H2,1H3. The number of phenolic OH excluding ortho intramolecular Hbond substituents is 1. The summed E-state index contributed by atoms with van der Waals surface area (Å²) in [7, 11) is 0. The molecular formula is C12H16O2. The van der Waals surface area contributed by atoms with Gasteiger partial charge in [0, 0.05) is 0 Å². The highest BCUT2D eigenvalue weighted by Gasteiger charge is 2.37. The van der Waals surface area contributed by atoms with Gasteiger partial charge in [0.2, 0.25) is 0 Å². The molecule has 14 heavy (non-hydrogen) atoms. The Labute approximate surface area is 84.2 Å². The lowest BCUT2D eigenvalue weighted by Gasteiger charge is -2.39. The number of aliphatic hydroxyl groups is 1. The summed E-state index contributed by atoms with van der Waals surface area (Å²) in [5.41, 5.74) is 0.173. The van der Waals surface area contributed by atoms with Crippen LogP contribution in [0.1, 0.15) is 31.7 Å². The minimum absolute atomic E-state index is 0.248. The molecule has 2 rings (SSSR count). The van der Waals surface area contributed by atoms with E-state index in [0.717, 1.165) is 18.4 Å². The van der Waals surface area contributed by atoms with Crippen LogP contribution >= 0.6 is 0 Å². The van der Waals surface area contributed by atoms with Gasteiger partial charge in [0.1, 0.15) is 5.75 Å². The molecule has 1 saturated carbocycles. The Bertz CT molecular complexity index is 310. The Morgan fingerprint density at radius 2 is 1.79 bits per heavy atom. The van der Waals surface area contributed by atoms with Crippen LogP contribution < -0.4 is 0 Å². The third-order valence-electron chi connectivity index (χ3n) is 3.35. The molecule has 0 aromatic heterocycles. The monoisotopic (exact) mass is 192 g/mol. The molecule has 0 bridgehead atoms. The predicted octanol–water partition coefficient (Wildman–Crippen LogP) is 2.40. The zero-order valence-electron chi connectivity index (χ0n) is 8.40. The maximum absolute atomic E-state index is 10.3. The van der Waals surface area contributed by atoms with Gasteiger partial charge in [-0.15, -0.1) is 0 Å². The van der Waals surface area contributed by atoms with E-state index in [1.165, 1.54) is 6.42 Å². The van der Waals surface area contributed by atoms with E-state index in [1.54, 1.807) is 24.3 Å². The smallest absolute Gasteiger partial charge is 0.115 e. The van der Waals surface area contributed by atoms with Gasteiger partial charge in [-0.1, -0.05) is 18.6 Å². The van der Waals surface area contributed by atoms with E-state index >= 15 is 0 Å². The fourth-order valence-electron chi connectivity index (χ4n) is 2.00. The average Bonchev–Trinajstić information content (AvgIpc) is 2.00. The molecule has 1 atom stereocenters. The average molecular weight is 192 g/mol. The fraction of sp³-hybridized carbons (Fsp3) is 0.500. The Balaban J connectivity index is 2.23. The van der Waals surface area contributed by atoms with E-state index in [1.807, 2.05) is 6.92 Å². The van der Waals surface area contributed by atoms with Crippen LogP contribution in [0.25, 0.3) is 0 Å². The van der Waals surface area contributed by atoms with E-state index < -0.39 is 5.60 Å². The van der Waals surface area contributed by atoms with E-state index in [2.05, 4.69) is 0 Å². The van der Waals surface area contributed by atoms with Crippen molar-refractivity contribution < 1.29 is 10.2 Å². The van der Waals surface area contributed by atoms with E-state index in [4.69, 9.17) is 5.11 Å². The quantitative estimate of drug-likeness (QED) is 0.755. The van der Waals surface area contributed by atoms with Crippen molar-refractivity contribution in [1.82, 2.24) is 0 Å². The van der Waals surface area contributed by atoms with Crippen LogP contribution in [0.5, 0.6) is 5.75 Å². The highest BCUT2D eigenvalue weighted by atomic mass is 16.3. The largest absolute Gasteiger partial charge is 0.508 e. The Morgan fingerprint density at radius 1 is 1.21 bits per heavy atom. The van der Waals surface area contributed by atoms with Crippen LogP contribution in [0.15, 0.2) is 24.3 Å². The van der Waals surface area contributed by atoms with Crippen LogP contribution in [0.2, 0.25) is 0 Å². The number of rotatable bonds is 2. The minimum atomic E-state index is -0.730. The highest BCUT2D eigenvalue weighted by Crippen LogP contribution is 2.42. The summed E-state index contributed by atoms with van der Waals surface area (Å²) in [4.78, 5) is 0. The second-order valence-corrected chi connectivity index (χ2v) is 4.32. The Hall–Kier alpha value is -1.02. The SMILES string of the molecule is CC(O)(c1ccc(O)cc1)C1CCC1. The normalized spacial score (nSPS) is 21.3. The summed E-state index contributed by atoms with van der Waals surface area (Å²) in [5.74, 6) is 0.630. The lowest BCUT2D eigenvalue weighted by molar-refractivity contribution is -0.0399. The molecule has 0 amide bonds. The molecule has 76 valence electrons. The topological polar surface area (TPSA) is 40.5 Å². The molecule has 0 radical (unpaired) electrons. The van der Waals surface area contributed by atoms with Gasteiger partial charge in [0.25, 0.3) is 0 Å². The molecule has 1 aliphatic carbocycles. The second-order valence-electron chi connectivity index (χ2n) is 4.32. The van der Waals surface area contributed by atoms with Gasteiger partial charge >= 0.3 is 0 Å². The number of hydrogen-bond acceptors (Lipinski definition) is 2. The van der Waals surface area contributed by atoms with E-state index in [-0.39, 0.29) is 5.75 Å². The van der Waals surface area contributed by atoms with E-state index in [9.17, 15) is 5.11 Å². The Kier molecular flexibility index (Phi) is 2.23. The zero-order valence-corrected chi connectivity index (χ0v) is 8.40. The molecule has 0 saturated heterocycles. The summed E-state index contributed by atoms with van der Waals surface area (Å²) in [5, 5.41) is 19.5. The summed E-state index contributed by atoms with van der Waals surface area (Å²) in [6.45, 7) is 1.86. The van der Waals surface area contributed by atoms with Crippen molar-refractivity contribution in [2.24, 2.45) is 5.92 Å². The number of benzene rings is 1.